The minimum absolute atomic E-state index is 0.00474. The Balaban J connectivity index is 0.835. The van der Waals surface area contributed by atoms with Gasteiger partial charge in [-0.3, -0.25) is 9.59 Å². The molecule has 1 aliphatic carbocycles. The predicted molar refractivity (Wildman–Crippen MR) is 372 cm³/mol. The smallest absolute Gasteiger partial charge is 0.264 e. The lowest BCUT2D eigenvalue weighted by Gasteiger charge is -2.38. The van der Waals surface area contributed by atoms with Crippen LogP contribution in [0.4, 0.5) is 22.0 Å². The zero-order valence-electron chi connectivity index (χ0n) is 57.7. The van der Waals surface area contributed by atoms with Gasteiger partial charge in [-0.25, -0.2) is 60.6 Å². The van der Waals surface area contributed by atoms with E-state index in [4.69, 9.17) is 33.9 Å². The quantitative estimate of drug-likeness (QED) is 0.0909. The molecule has 0 spiro atoms. The van der Waals surface area contributed by atoms with Crippen LogP contribution in [0.3, 0.4) is 0 Å². The van der Waals surface area contributed by atoms with Gasteiger partial charge in [0.1, 0.15) is 30.5 Å². The molecule has 23 nitrogen and oxygen atoms in total. The Kier molecular flexibility index (Phi) is 19.6. The first-order valence-electron chi connectivity index (χ1n) is 33.3. The van der Waals surface area contributed by atoms with Crippen molar-refractivity contribution < 1.29 is 49.8 Å². The van der Waals surface area contributed by atoms with Crippen LogP contribution in [0.2, 0.25) is 0 Å². The summed E-state index contributed by atoms with van der Waals surface area (Å²) in [7, 11) is -8.89. The molecule has 2 amide bonds. The summed E-state index contributed by atoms with van der Waals surface area (Å²) in [6, 6.07) is 23.2. The second kappa shape index (κ2) is 27.8. The van der Waals surface area contributed by atoms with Crippen molar-refractivity contribution in [1.82, 2.24) is 49.7 Å². The average Bonchev–Trinajstić information content (AvgIpc) is 1.01. The van der Waals surface area contributed by atoms with Crippen molar-refractivity contribution in [3.05, 3.63) is 166 Å². The molecule has 1 saturated heterocycles. The molecule has 0 unspecified atom stereocenters. The molecule has 3 aliphatic heterocycles. The highest BCUT2D eigenvalue weighted by Gasteiger charge is 2.41. The van der Waals surface area contributed by atoms with Gasteiger partial charge in [-0.05, 0) is 164 Å². The molecule has 8 aromatic rings. The van der Waals surface area contributed by atoms with Gasteiger partial charge >= 0.3 is 0 Å². The first-order chi connectivity index (χ1) is 46.9. The Morgan fingerprint density at radius 3 is 1.64 bits per heavy atom. The van der Waals surface area contributed by atoms with Crippen LogP contribution < -0.4 is 28.6 Å². The summed E-state index contributed by atoms with van der Waals surface area (Å²) in [5, 5.41) is 0. The van der Waals surface area contributed by atoms with E-state index in [9.17, 15) is 16.8 Å². The van der Waals surface area contributed by atoms with Gasteiger partial charge < -0.3 is 33.6 Å². The van der Waals surface area contributed by atoms with Crippen LogP contribution in [-0.2, 0) is 44.5 Å². The maximum atomic E-state index is 16.2. The number of sulfonamides is 2. The summed E-state index contributed by atoms with van der Waals surface area (Å²) < 4.78 is 105. The molecule has 520 valence electrons. The van der Waals surface area contributed by atoms with Crippen molar-refractivity contribution in [2.24, 2.45) is 5.41 Å². The van der Waals surface area contributed by atoms with E-state index < -0.39 is 55.2 Å². The van der Waals surface area contributed by atoms with Gasteiger partial charge in [0.15, 0.2) is 5.75 Å². The zero-order chi connectivity index (χ0) is 70.3. The average molecular weight is 1390 g/mol. The van der Waals surface area contributed by atoms with Gasteiger partial charge in [0.2, 0.25) is 23.7 Å². The third-order valence-electron chi connectivity index (χ3n) is 18.4. The van der Waals surface area contributed by atoms with Gasteiger partial charge in [0.25, 0.3) is 31.9 Å². The third kappa shape index (κ3) is 16.2. The number of amides is 2. The molecule has 2 fully saturated rings. The fraction of sp³-hybridized carbons (Fsp3) is 0.425. The Labute approximate surface area is 577 Å². The first-order valence-corrected chi connectivity index (χ1v) is 36.3. The van der Waals surface area contributed by atoms with Crippen molar-refractivity contribution in [1.29, 1.82) is 0 Å². The van der Waals surface area contributed by atoms with Crippen LogP contribution in [0, 0.1) is 33.1 Å². The molecule has 4 aliphatic rings. The van der Waals surface area contributed by atoms with Crippen molar-refractivity contribution in [2.75, 3.05) is 34.2 Å². The number of rotatable bonds is 16. The summed E-state index contributed by atoms with van der Waals surface area (Å²) in [6.07, 6.45) is 11.2. The highest BCUT2D eigenvalue weighted by molar-refractivity contribution is 7.93. The molecule has 12 rings (SSSR count). The standard InChI is InChI=1S/C73H84FN13O10S2/c1-44-16-12-17-45(2)65(44)59-30-63-81-69(79-59)83-98(90,91)57-23-14-20-49(28-57)67(88)85(52(42-95-63)32-71(5,6)7)38-61-75-34-54(35-76-61)87-51(24-25-73(87,10)11)41-94-40-48-26-50-29-58(27-48)99(92,93)84-70-80-60(66-46(3)18-13-19-47(66)4)31-64(82-70)96-43-53(33-72(8,9)74)86(68(50)89)39-62-77-36-56(37-78-62)97-55-21-15-22-55/h12-14,16-20,23,26-31,34-37,51-53,55H,15,21-22,24-25,32-33,38-43H2,1-11H3,(H,79,81,83)(H,80,82,84)/t51-,52-,53-/m1/s1. The number of hydrogen-bond donors (Lipinski definition) is 2. The highest BCUT2D eigenvalue weighted by atomic mass is 32.2. The molecule has 3 atom stereocenters. The van der Waals surface area contributed by atoms with E-state index in [-0.39, 0.29) is 114 Å². The second-order valence-electron chi connectivity index (χ2n) is 28.7. The summed E-state index contributed by atoms with van der Waals surface area (Å²) in [5.41, 5.74) is 4.50. The minimum atomic E-state index is -4.57. The van der Waals surface area contributed by atoms with Crippen molar-refractivity contribution in [3.63, 3.8) is 0 Å². The summed E-state index contributed by atoms with van der Waals surface area (Å²) in [4.78, 5) is 72.8. The number of ether oxygens (including phenoxy) is 4. The van der Waals surface area contributed by atoms with Gasteiger partial charge in [-0.2, -0.15) is 9.97 Å². The van der Waals surface area contributed by atoms with Crippen molar-refractivity contribution in [3.8, 4) is 40.0 Å². The largest absolute Gasteiger partial charge is 0.487 e. The number of aromatic nitrogens is 8. The van der Waals surface area contributed by atoms with Crippen LogP contribution in [0.5, 0.6) is 17.5 Å². The van der Waals surface area contributed by atoms with Gasteiger partial charge in [0, 0.05) is 46.3 Å². The molecule has 99 heavy (non-hydrogen) atoms. The lowest BCUT2D eigenvalue weighted by molar-refractivity contribution is 0.0444. The maximum Gasteiger partial charge on any atom is 0.264 e. The van der Waals surface area contributed by atoms with E-state index >= 15 is 14.0 Å². The second-order valence-corrected chi connectivity index (χ2v) is 32.1. The van der Waals surface area contributed by atoms with Gasteiger partial charge in [-0.1, -0.05) is 63.2 Å². The predicted octanol–water partition coefficient (Wildman–Crippen LogP) is 12.3. The van der Waals surface area contributed by atoms with Crippen molar-refractivity contribution >= 4 is 49.4 Å². The zero-order valence-corrected chi connectivity index (χ0v) is 59.3. The fourth-order valence-electron chi connectivity index (χ4n) is 13.5. The van der Waals surface area contributed by atoms with E-state index in [1.54, 1.807) is 54.0 Å². The summed E-state index contributed by atoms with van der Waals surface area (Å²) in [6.45, 7) is 20.5. The first kappa shape index (κ1) is 69.6. The number of halogens is 1. The number of alkyl halides is 1. The summed E-state index contributed by atoms with van der Waals surface area (Å²) >= 11 is 0. The SMILES string of the molecule is Cc1cccc(C)c1-c1cc2nc(n1)NS(=O)(=O)c1cccc(c1)C(=O)N(Cc1ncc(N3[C@@H](COCc4cc5cc(c4)S(=O)(=O)Nc4nc(cc(-c6c(C)cccc6C)n4)OC[C@@H](CC(C)(C)F)N(Cc4ncc(OC6CCC6)cn4)C5=O)CCC3(C)C)cn1)[C@H](CC(C)(C)C)CO2. The number of carbonyl (C=O) groups excluding carboxylic acids is 2. The van der Waals surface area contributed by atoms with Crippen LogP contribution in [0.1, 0.15) is 154 Å². The summed E-state index contributed by atoms with van der Waals surface area (Å²) in [5.74, 6) is -0.434. The minimum Gasteiger partial charge on any atom is -0.487 e. The molecule has 2 N–H and O–H groups in total. The van der Waals surface area contributed by atoms with E-state index in [0.717, 1.165) is 59.1 Å². The molecule has 7 heterocycles. The van der Waals surface area contributed by atoms with Gasteiger partial charge in [0.05, 0.1) is 102 Å². The lowest BCUT2D eigenvalue weighted by Crippen LogP contribution is -2.46. The van der Waals surface area contributed by atoms with E-state index in [0.29, 0.717) is 47.1 Å². The van der Waals surface area contributed by atoms with Crippen LogP contribution in [0.25, 0.3) is 22.5 Å². The molecule has 0 radical (unpaired) electrons. The van der Waals surface area contributed by atoms with E-state index in [1.807, 2.05) is 64.1 Å². The van der Waals surface area contributed by atoms with Crippen molar-refractivity contribution in [2.45, 2.75) is 186 Å². The number of nitrogens with one attached hydrogen (secondary N) is 2. The Morgan fingerprint density at radius 2 is 1.11 bits per heavy atom. The van der Waals surface area contributed by atoms with Crippen LogP contribution >= 0.6 is 0 Å². The fourth-order valence-corrected chi connectivity index (χ4v) is 15.5. The van der Waals surface area contributed by atoms with Crippen LogP contribution in [-0.4, -0.2) is 134 Å². The number of nitrogens with zero attached hydrogens (tertiary/aromatic N) is 11. The van der Waals surface area contributed by atoms with Crippen LogP contribution in [0.15, 0.2) is 126 Å². The Morgan fingerprint density at radius 1 is 0.606 bits per heavy atom. The monoisotopic (exact) mass is 1390 g/mol. The number of aryl methyl sites for hydroxylation is 4. The number of hydrogen-bond acceptors (Lipinski definition) is 19. The Hall–Kier alpha value is -9.27. The molecule has 26 heteroatoms. The number of carbonyl (C=O) groups is 2. The maximum absolute atomic E-state index is 16.2. The van der Waals surface area contributed by atoms with E-state index in [1.165, 1.54) is 49.1 Å². The Bertz CT molecular complexity index is 4550. The number of anilines is 3. The molecule has 8 bridgehead atoms. The molecular formula is C73H84FN13O10S2. The molecule has 4 aromatic heterocycles. The van der Waals surface area contributed by atoms with E-state index in [2.05, 4.69) is 73.9 Å². The topological polar surface area (TPSA) is 276 Å². The third-order valence-corrected chi connectivity index (χ3v) is 21.0. The molecule has 1 saturated carbocycles. The number of benzene rings is 4. The molecular weight excluding hydrogens is 1300 g/mol. The highest BCUT2D eigenvalue weighted by Crippen LogP contribution is 2.40. The van der Waals surface area contributed by atoms with Gasteiger partial charge in [-0.15, -0.1) is 0 Å². The normalized spacial score (nSPS) is 19.3. The lowest BCUT2D eigenvalue weighted by atomic mass is 9.87. The molecule has 4 aromatic carbocycles. The number of fused-ring (bicyclic) bond motifs is 8.